The number of carboxylic acid groups (broad SMARTS) is 1. The van der Waals surface area contributed by atoms with E-state index < -0.39 is 11.8 Å². The fourth-order valence-corrected chi connectivity index (χ4v) is 2.25. The second-order valence-electron chi connectivity index (χ2n) is 4.12. The molecule has 2 rings (SSSR count). The van der Waals surface area contributed by atoms with Crippen molar-refractivity contribution in [2.45, 2.75) is 25.8 Å². The van der Waals surface area contributed by atoms with Gasteiger partial charge in [-0.15, -0.1) is 0 Å². The van der Waals surface area contributed by atoms with Crippen LogP contribution in [-0.2, 0) is 0 Å². The maximum absolute atomic E-state index is 13.5. The number of carboxylic acids is 1. The molecule has 1 heterocycles. The molecule has 0 saturated carbocycles. The van der Waals surface area contributed by atoms with Gasteiger partial charge in [-0.2, -0.15) is 0 Å². The lowest BCUT2D eigenvalue weighted by atomic mass is 10.1. The summed E-state index contributed by atoms with van der Waals surface area (Å²) in [5.74, 6) is -1.86. The number of rotatable bonds is 2. The van der Waals surface area contributed by atoms with E-state index in [1.807, 2.05) is 11.8 Å². The highest BCUT2D eigenvalue weighted by molar-refractivity contribution is 5.94. The summed E-state index contributed by atoms with van der Waals surface area (Å²) >= 11 is 0. The van der Waals surface area contributed by atoms with Crippen LogP contribution in [0.1, 0.15) is 30.1 Å². The molecule has 1 aliphatic rings. The Kier molecular flexibility index (Phi) is 2.81. The fourth-order valence-electron chi connectivity index (χ4n) is 2.25. The first-order chi connectivity index (χ1) is 7.61. The summed E-state index contributed by atoms with van der Waals surface area (Å²) in [6, 6.07) is 4.70. The molecule has 1 fully saturated rings. The van der Waals surface area contributed by atoms with Crippen molar-refractivity contribution in [2.75, 3.05) is 11.4 Å². The lowest BCUT2D eigenvalue weighted by Gasteiger charge is -2.25. The van der Waals surface area contributed by atoms with E-state index in [0.29, 0.717) is 5.69 Å². The van der Waals surface area contributed by atoms with Crippen molar-refractivity contribution in [3.05, 3.63) is 29.6 Å². The van der Waals surface area contributed by atoms with Gasteiger partial charge in [0.15, 0.2) is 0 Å². The summed E-state index contributed by atoms with van der Waals surface area (Å²) in [6.45, 7) is 2.83. The molecule has 1 atom stereocenters. The van der Waals surface area contributed by atoms with E-state index in [9.17, 15) is 9.18 Å². The van der Waals surface area contributed by atoms with Crippen molar-refractivity contribution < 1.29 is 14.3 Å². The molecule has 1 aliphatic heterocycles. The zero-order valence-corrected chi connectivity index (χ0v) is 9.11. The minimum atomic E-state index is -1.20. The number of hydrogen-bond acceptors (Lipinski definition) is 2. The van der Waals surface area contributed by atoms with Crippen LogP contribution in [0.2, 0.25) is 0 Å². The van der Waals surface area contributed by atoms with Crippen molar-refractivity contribution in [1.82, 2.24) is 0 Å². The van der Waals surface area contributed by atoms with E-state index in [1.165, 1.54) is 6.07 Å². The van der Waals surface area contributed by atoms with Crippen molar-refractivity contribution in [1.29, 1.82) is 0 Å². The quantitative estimate of drug-likeness (QED) is 0.837. The molecule has 1 saturated heterocycles. The number of benzene rings is 1. The van der Waals surface area contributed by atoms with Crippen LogP contribution in [0.25, 0.3) is 0 Å². The summed E-state index contributed by atoms with van der Waals surface area (Å²) in [7, 11) is 0. The molecule has 0 spiro atoms. The average molecular weight is 223 g/mol. The summed E-state index contributed by atoms with van der Waals surface area (Å²) in [5.41, 5.74) is 0.286. The third kappa shape index (κ3) is 1.75. The van der Waals surface area contributed by atoms with E-state index >= 15 is 0 Å². The van der Waals surface area contributed by atoms with E-state index in [1.54, 1.807) is 12.1 Å². The smallest absolute Gasteiger partial charge is 0.340 e. The third-order valence-electron chi connectivity index (χ3n) is 3.07. The Morgan fingerprint density at radius 3 is 2.88 bits per heavy atom. The van der Waals surface area contributed by atoms with Crippen LogP contribution in [-0.4, -0.2) is 23.7 Å². The Balaban J connectivity index is 2.47. The molecule has 0 bridgehead atoms. The second-order valence-corrected chi connectivity index (χ2v) is 4.12. The van der Waals surface area contributed by atoms with Gasteiger partial charge in [-0.05, 0) is 31.9 Å². The molecule has 3 nitrogen and oxygen atoms in total. The highest BCUT2D eigenvalue weighted by Crippen LogP contribution is 2.29. The largest absolute Gasteiger partial charge is 0.478 e. The second kappa shape index (κ2) is 4.12. The number of hydrogen-bond donors (Lipinski definition) is 1. The van der Waals surface area contributed by atoms with Gasteiger partial charge in [0.05, 0.1) is 5.69 Å². The summed E-state index contributed by atoms with van der Waals surface area (Å²) in [5, 5.41) is 9.03. The highest BCUT2D eigenvalue weighted by Gasteiger charge is 2.26. The lowest BCUT2D eigenvalue weighted by molar-refractivity contribution is 0.0692. The standard InChI is InChI=1S/C12H14FNO2/c1-8-4-3-7-14(8)10-6-2-5-9(13)11(10)12(15)16/h2,5-6,8H,3-4,7H2,1H3,(H,15,16). The molecule has 1 N–H and O–H groups in total. The number of anilines is 1. The van der Waals surface area contributed by atoms with Gasteiger partial charge < -0.3 is 10.0 Å². The first kappa shape index (κ1) is 10.9. The molecule has 1 aromatic rings. The van der Waals surface area contributed by atoms with Crippen LogP contribution in [0.15, 0.2) is 18.2 Å². The lowest BCUT2D eigenvalue weighted by Crippen LogP contribution is -2.28. The van der Waals surface area contributed by atoms with Gasteiger partial charge in [-0.1, -0.05) is 6.07 Å². The molecule has 0 radical (unpaired) electrons. The molecule has 0 aliphatic carbocycles. The van der Waals surface area contributed by atoms with E-state index in [2.05, 4.69) is 0 Å². The SMILES string of the molecule is CC1CCCN1c1cccc(F)c1C(=O)O. The summed E-state index contributed by atoms with van der Waals surface area (Å²) in [4.78, 5) is 13.0. The van der Waals surface area contributed by atoms with Crippen LogP contribution in [0.5, 0.6) is 0 Å². The van der Waals surface area contributed by atoms with Crippen molar-refractivity contribution in [3.8, 4) is 0 Å². The van der Waals surface area contributed by atoms with E-state index in [0.717, 1.165) is 19.4 Å². The minimum Gasteiger partial charge on any atom is -0.478 e. The van der Waals surface area contributed by atoms with Crippen LogP contribution in [0.4, 0.5) is 10.1 Å². The average Bonchev–Trinajstić information content (AvgIpc) is 2.63. The Bertz CT molecular complexity index is 419. The predicted molar refractivity (Wildman–Crippen MR) is 59.4 cm³/mol. The monoisotopic (exact) mass is 223 g/mol. The number of halogens is 1. The van der Waals surface area contributed by atoms with Crippen LogP contribution >= 0.6 is 0 Å². The first-order valence-electron chi connectivity index (χ1n) is 5.39. The molecular weight excluding hydrogens is 209 g/mol. The molecule has 86 valence electrons. The van der Waals surface area contributed by atoms with Gasteiger partial charge >= 0.3 is 5.97 Å². The van der Waals surface area contributed by atoms with Gasteiger partial charge in [-0.25, -0.2) is 9.18 Å². The van der Waals surface area contributed by atoms with E-state index in [-0.39, 0.29) is 11.6 Å². The molecule has 1 aromatic carbocycles. The summed E-state index contributed by atoms with van der Waals surface area (Å²) in [6.07, 6.45) is 2.05. The first-order valence-corrected chi connectivity index (χ1v) is 5.39. The van der Waals surface area contributed by atoms with Crippen molar-refractivity contribution in [3.63, 3.8) is 0 Å². The zero-order valence-electron chi connectivity index (χ0n) is 9.11. The third-order valence-corrected chi connectivity index (χ3v) is 3.07. The maximum Gasteiger partial charge on any atom is 0.340 e. The van der Waals surface area contributed by atoms with Crippen LogP contribution in [0.3, 0.4) is 0 Å². The van der Waals surface area contributed by atoms with Gasteiger partial charge in [0, 0.05) is 12.6 Å². The van der Waals surface area contributed by atoms with Crippen LogP contribution < -0.4 is 4.90 Å². The maximum atomic E-state index is 13.5. The van der Waals surface area contributed by atoms with Gasteiger partial charge in [0.25, 0.3) is 0 Å². The van der Waals surface area contributed by atoms with Crippen molar-refractivity contribution in [2.24, 2.45) is 0 Å². The number of carbonyl (C=O) groups is 1. The van der Waals surface area contributed by atoms with Crippen molar-refractivity contribution >= 4 is 11.7 Å². The molecule has 16 heavy (non-hydrogen) atoms. The normalized spacial score (nSPS) is 20.1. The van der Waals surface area contributed by atoms with Gasteiger partial charge in [0.2, 0.25) is 0 Å². The number of aromatic carboxylic acids is 1. The van der Waals surface area contributed by atoms with E-state index in [4.69, 9.17) is 5.11 Å². The highest BCUT2D eigenvalue weighted by atomic mass is 19.1. The number of nitrogens with zero attached hydrogens (tertiary/aromatic N) is 1. The Morgan fingerprint density at radius 1 is 1.56 bits per heavy atom. The Labute approximate surface area is 93.5 Å². The molecule has 0 aromatic heterocycles. The van der Waals surface area contributed by atoms with Gasteiger partial charge in [-0.3, -0.25) is 0 Å². The zero-order chi connectivity index (χ0) is 11.7. The van der Waals surface area contributed by atoms with Gasteiger partial charge in [0.1, 0.15) is 11.4 Å². The minimum absolute atomic E-state index is 0.212. The topological polar surface area (TPSA) is 40.5 Å². The fraction of sp³-hybridized carbons (Fsp3) is 0.417. The Hall–Kier alpha value is -1.58. The molecular formula is C12H14FNO2. The Morgan fingerprint density at radius 2 is 2.31 bits per heavy atom. The molecule has 0 amide bonds. The summed E-state index contributed by atoms with van der Waals surface area (Å²) < 4.78 is 13.5. The molecule has 1 unspecified atom stereocenters. The molecule has 4 heteroatoms. The van der Waals surface area contributed by atoms with Crippen LogP contribution in [0, 0.1) is 5.82 Å². The predicted octanol–water partition coefficient (Wildman–Crippen LogP) is 2.51.